The van der Waals surface area contributed by atoms with Crippen LogP contribution in [0.2, 0.25) is 0 Å². The lowest BCUT2D eigenvalue weighted by atomic mass is 10.2. The van der Waals surface area contributed by atoms with Crippen LogP contribution in [0.4, 0.5) is 0 Å². The number of nitrogens with one attached hydrogen (secondary N) is 2. The Kier molecular flexibility index (Phi) is 8.12. The van der Waals surface area contributed by atoms with Gasteiger partial charge in [0.15, 0.2) is 5.96 Å². The molecule has 2 rings (SSSR count). The molecular weight excluding hydrogens is 304 g/mol. The van der Waals surface area contributed by atoms with E-state index in [0.717, 1.165) is 50.3 Å². The van der Waals surface area contributed by atoms with Gasteiger partial charge in [-0.15, -0.1) is 0 Å². The Morgan fingerprint density at radius 2 is 2.08 bits per heavy atom. The molecule has 0 aromatic carbocycles. The van der Waals surface area contributed by atoms with E-state index in [9.17, 15) is 0 Å². The van der Waals surface area contributed by atoms with E-state index >= 15 is 0 Å². The first-order valence-corrected chi connectivity index (χ1v) is 9.15. The van der Waals surface area contributed by atoms with Crippen molar-refractivity contribution in [2.24, 2.45) is 4.99 Å². The molecule has 0 saturated carbocycles. The fraction of sp³-hybridized carbons (Fsp3) is 0.722. The molecule has 0 amide bonds. The average Bonchev–Trinajstić information content (AvgIpc) is 3.24. The van der Waals surface area contributed by atoms with E-state index in [4.69, 9.17) is 14.1 Å². The second-order valence-electron chi connectivity index (χ2n) is 6.05. The number of aliphatic imine (C=N–C) groups is 1. The largest absolute Gasteiger partial charge is 0.465 e. The molecule has 6 heteroatoms. The van der Waals surface area contributed by atoms with Crippen LogP contribution in [0.25, 0.3) is 0 Å². The normalized spacial score (nSPS) is 17.2. The third-order valence-corrected chi connectivity index (χ3v) is 4.18. The summed E-state index contributed by atoms with van der Waals surface area (Å²) in [7, 11) is 0. The zero-order valence-corrected chi connectivity index (χ0v) is 15.3. The molecule has 0 radical (unpaired) electrons. The van der Waals surface area contributed by atoms with Crippen LogP contribution < -0.4 is 10.6 Å². The molecular formula is C18H32N4O2. The molecule has 136 valence electrons. The van der Waals surface area contributed by atoms with Crippen LogP contribution in [0.3, 0.4) is 0 Å². The lowest BCUT2D eigenvalue weighted by molar-refractivity contribution is 0.152. The van der Waals surface area contributed by atoms with E-state index in [0.29, 0.717) is 13.2 Å². The highest BCUT2D eigenvalue weighted by Gasteiger charge is 2.25. The molecule has 1 saturated heterocycles. The highest BCUT2D eigenvalue weighted by Crippen LogP contribution is 2.26. The lowest BCUT2D eigenvalue weighted by Gasteiger charge is -2.24. The Hall–Kier alpha value is -1.53. The molecule has 1 fully saturated rings. The van der Waals surface area contributed by atoms with Gasteiger partial charge in [0.2, 0.25) is 0 Å². The number of likely N-dealkylation sites (tertiary alicyclic amines) is 1. The summed E-state index contributed by atoms with van der Waals surface area (Å²) in [6.45, 7) is 12.0. The maximum Gasteiger partial charge on any atom is 0.191 e. The molecule has 1 aliphatic heterocycles. The third kappa shape index (κ3) is 5.83. The maximum atomic E-state index is 5.89. The maximum absolute atomic E-state index is 5.89. The molecule has 2 N–H and O–H groups in total. The van der Waals surface area contributed by atoms with Gasteiger partial charge in [0.05, 0.1) is 19.2 Å². The second-order valence-corrected chi connectivity index (χ2v) is 6.05. The molecule has 1 atom stereocenters. The minimum absolute atomic E-state index is 0.212. The number of hydrogen-bond donors (Lipinski definition) is 2. The van der Waals surface area contributed by atoms with Crippen LogP contribution in [-0.4, -0.2) is 56.8 Å². The zero-order chi connectivity index (χ0) is 17.2. The summed E-state index contributed by atoms with van der Waals surface area (Å²) in [5.41, 5.74) is 0. The van der Waals surface area contributed by atoms with E-state index in [1.165, 1.54) is 12.8 Å². The standard InChI is InChI=1S/C18H32N4O2/c1-4-19-18(20-10-13-23-5-2)21-14-16(22-11-6-7-12-22)17-9-8-15(3)24-17/h8-9,16H,4-7,10-14H2,1-3H3,(H2,19,20,21). The summed E-state index contributed by atoms with van der Waals surface area (Å²) < 4.78 is 11.3. The van der Waals surface area contributed by atoms with Crippen LogP contribution in [-0.2, 0) is 4.74 Å². The SMILES string of the molecule is CCNC(=NCC(c1ccc(C)o1)N1CCCC1)NCCOCC. The van der Waals surface area contributed by atoms with E-state index in [-0.39, 0.29) is 6.04 Å². The van der Waals surface area contributed by atoms with Gasteiger partial charge >= 0.3 is 0 Å². The van der Waals surface area contributed by atoms with Crippen molar-refractivity contribution >= 4 is 5.96 Å². The molecule has 0 bridgehead atoms. The summed E-state index contributed by atoms with van der Waals surface area (Å²) in [5.74, 6) is 2.81. The predicted octanol–water partition coefficient (Wildman–Crippen LogP) is 2.32. The summed E-state index contributed by atoms with van der Waals surface area (Å²) in [6, 6.07) is 4.33. The topological polar surface area (TPSA) is 62.0 Å². The van der Waals surface area contributed by atoms with Gasteiger partial charge in [-0.05, 0) is 58.8 Å². The number of nitrogens with zero attached hydrogens (tertiary/aromatic N) is 2. The fourth-order valence-electron chi connectivity index (χ4n) is 2.98. The van der Waals surface area contributed by atoms with Crippen LogP contribution in [0, 0.1) is 6.92 Å². The Morgan fingerprint density at radius 3 is 2.71 bits per heavy atom. The monoisotopic (exact) mass is 336 g/mol. The molecule has 1 unspecified atom stereocenters. The molecule has 0 aliphatic carbocycles. The minimum atomic E-state index is 0.212. The van der Waals surface area contributed by atoms with E-state index in [1.807, 2.05) is 19.9 Å². The Labute approximate surface area is 145 Å². The van der Waals surface area contributed by atoms with Crippen LogP contribution in [0.5, 0.6) is 0 Å². The fourth-order valence-corrected chi connectivity index (χ4v) is 2.98. The van der Waals surface area contributed by atoms with Gasteiger partial charge in [0, 0.05) is 19.7 Å². The van der Waals surface area contributed by atoms with Crippen molar-refractivity contribution in [2.45, 2.75) is 39.7 Å². The zero-order valence-electron chi connectivity index (χ0n) is 15.3. The minimum Gasteiger partial charge on any atom is -0.465 e. The summed E-state index contributed by atoms with van der Waals surface area (Å²) in [5, 5.41) is 6.62. The Balaban J connectivity index is 1.99. The quantitative estimate of drug-likeness (QED) is 0.412. The number of ether oxygens (including phenoxy) is 1. The number of furan rings is 1. The van der Waals surface area contributed by atoms with E-state index < -0.39 is 0 Å². The molecule has 1 aromatic rings. The van der Waals surface area contributed by atoms with Crippen molar-refractivity contribution in [3.63, 3.8) is 0 Å². The molecule has 1 aromatic heterocycles. The summed E-state index contributed by atoms with van der Waals surface area (Å²) in [4.78, 5) is 7.26. The number of aryl methyl sites for hydroxylation is 1. The Bertz CT molecular complexity index is 495. The average molecular weight is 336 g/mol. The van der Waals surface area contributed by atoms with Gasteiger partial charge in [-0.2, -0.15) is 0 Å². The van der Waals surface area contributed by atoms with Crippen molar-refractivity contribution in [3.8, 4) is 0 Å². The van der Waals surface area contributed by atoms with Gasteiger partial charge in [-0.25, -0.2) is 0 Å². The molecule has 0 spiro atoms. The second kappa shape index (κ2) is 10.4. The van der Waals surface area contributed by atoms with Gasteiger partial charge in [-0.3, -0.25) is 9.89 Å². The summed E-state index contributed by atoms with van der Waals surface area (Å²) in [6.07, 6.45) is 2.51. The highest BCUT2D eigenvalue weighted by molar-refractivity contribution is 5.79. The third-order valence-electron chi connectivity index (χ3n) is 4.18. The van der Waals surface area contributed by atoms with Crippen LogP contribution >= 0.6 is 0 Å². The molecule has 24 heavy (non-hydrogen) atoms. The highest BCUT2D eigenvalue weighted by atomic mass is 16.5. The first-order valence-electron chi connectivity index (χ1n) is 9.15. The Morgan fingerprint density at radius 1 is 1.29 bits per heavy atom. The first-order chi connectivity index (χ1) is 11.7. The summed E-state index contributed by atoms with van der Waals surface area (Å²) >= 11 is 0. The number of hydrogen-bond acceptors (Lipinski definition) is 4. The van der Waals surface area contributed by atoms with Crippen LogP contribution in [0.1, 0.15) is 44.3 Å². The van der Waals surface area contributed by atoms with Crippen LogP contribution in [0.15, 0.2) is 21.5 Å². The van der Waals surface area contributed by atoms with Crippen molar-refractivity contribution in [2.75, 3.05) is 45.9 Å². The van der Waals surface area contributed by atoms with Gasteiger partial charge in [0.1, 0.15) is 11.5 Å². The lowest BCUT2D eigenvalue weighted by Crippen LogP contribution is -2.39. The molecule has 1 aliphatic rings. The van der Waals surface area contributed by atoms with E-state index in [2.05, 4.69) is 28.5 Å². The van der Waals surface area contributed by atoms with E-state index in [1.54, 1.807) is 0 Å². The molecule has 2 heterocycles. The number of rotatable bonds is 9. The van der Waals surface area contributed by atoms with Crippen molar-refractivity contribution in [1.82, 2.24) is 15.5 Å². The smallest absolute Gasteiger partial charge is 0.191 e. The molecule has 6 nitrogen and oxygen atoms in total. The van der Waals surface area contributed by atoms with Crippen molar-refractivity contribution < 1.29 is 9.15 Å². The van der Waals surface area contributed by atoms with Crippen molar-refractivity contribution in [1.29, 1.82) is 0 Å². The number of guanidine groups is 1. The van der Waals surface area contributed by atoms with Gasteiger partial charge in [-0.1, -0.05) is 0 Å². The predicted molar refractivity (Wildman–Crippen MR) is 97.5 cm³/mol. The van der Waals surface area contributed by atoms with Gasteiger partial charge in [0.25, 0.3) is 0 Å². The first kappa shape index (κ1) is 18.8. The van der Waals surface area contributed by atoms with Crippen molar-refractivity contribution in [3.05, 3.63) is 23.7 Å². The van der Waals surface area contributed by atoms with Gasteiger partial charge < -0.3 is 19.8 Å².